The van der Waals surface area contributed by atoms with E-state index in [1.807, 2.05) is 12.1 Å². The van der Waals surface area contributed by atoms with E-state index in [-0.39, 0.29) is 10.8 Å². The second kappa shape index (κ2) is 6.33. The zero-order valence-corrected chi connectivity index (χ0v) is 17.7. The lowest BCUT2D eigenvalue weighted by Crippen LogP contribution is -2.17. The normalized spacial score (nSPS) is 12.6. The summed E-state index contributed by atoms with van der Waals surface area (Å²) >= 11 is 0. The van der Waals surface area contributed by atoms with Gasteiger partial charge in [0.05, 0.1) is 12.6 Å². The highest BCUT2D eigenvalue weighted by Gasteiger charge is 2.27. The van der Waals surface area contributed by atoms with Crippen LogP contribution < -0.4 is 4.74 Å². The van der Waals surface area contributed by atoms with Gasteiger partial charge in [0, 0.05) is 22.2 Å². The molecular weight excluding hydrogens is 334 g/mol. The third-order valence-electron chi connectivity index (χ3n) is 5.29. The molecule has 3 heteroatoms. The van der Waals surface area contributed by atoms with Gasteiger partial charge in [-0.05, 0) is 47.1 Å². The van der Waals surface area contributed by atoms with Gasteiger partial charge in [-0.2, -0.15) is 0 Å². The molecule has 0 aliphatic carbocycles. The van der Waals surface area contributed by atoms with Gasteiger partial charge in [0.1, 0.15) is 11.5 Å². The first-order chi connectivity index (χ1) is 12.4. The summed E-state index contributed by atoms with van der Waals surface area (Å²) in [6.07, 6.45) is 0. The molecule has 2 aromatic carbocycles. The molecule has 0 aliphatic rings. The van der Waals surface area contributed by atoms with Gasteiger partial charge in [-0.3, -0.25) is 0 Å². The first kappa shape index (κ1) is 19.3. The van der Waals surface area contributed by atoms with Crippen molar-refractivity contribution in [3.63, 3.8) is 0 Å². The fourth-order valence-corrected chi connectivity index (χ4v) is 3.71. The van der Waals surface area contributed by atoms with Crippen molar-refractivity contribution in [3.05, 3.63) is 47.0 Å². The summed E-state index contributed by atoms with van der Waals surface area (Å²) in [7, 11) is 1.70. The molecule has 0 saturated carbocycles. The number of hydrogen-bond donors (Lipinski definition) is 2. The van der Waals surface area contributed by atoms with Crippen LogP contribution in [0, 0.1) is 6.92 Å². The lowest BCUT2D eigenvalue weighted by Gasteiger charge is -2.28. The number of hydrogen-bond acceptors (Lipinski definition) is 2. The molecule has 1 aromatic heterocycles. The number of fused-ring (bicyclic) bond motifs is 1. The highest BCUT2D eigenvalue weighted by molar-refractivity contribution is 5.94. The van der Waals surface area contributed by atoms with Crippen LogP contribution in [0.25, 0.3) is 22.2 Å². The molecule has 0 aliphatic heterocycles. The lowest BCUT2D eigenvalue weighted by atomic mass is 9.78. The van der Waals surface area contributed by atoms with Gasteiger partial charge >= 0.3 is 0 Å². The topological polar surface area (TPSA) is 45.2 Å². The van der Waals surface area contributed by atoms with E-state index >= 15 is 0 Å². The van der Waals surface area contributed by atoms with E-state index in [1.54, 1.807) is 7.11 Å². The quantitative estimate of drug-likeness (QED) is 0.548. The minimum absolute atomic E-state index is 0.155. The highest BCUT2D eigenvalue weighted by atomic mass is 16.5. The van der Waals surface area contributed by atoms with Gasteiger partial charge in [0.25, 0.3) is 0 Å². The number of phenols is 1. The first-order valence-corrected chi connectivity index (χ1v) is 9.48. The van der Waals surface area contributed by atoms with Gasteiger partial charge in [-0.25, -0.2) is 0 Å². The number of aromatic nitrogens is 1. The van der Waals surface area contributed by atoms with E-state index in [0.717, 1.165) is 39.0 Å². The van der Waals surface area contributed by atoms with Crippen molar-refractivity contribution in [1.29, 1.82) is 0 Å². The van der Waals surface area contributed by atoms with Crippen molar-refractivity contribution in [1.82, 2.24) is 4.98 Å². The van der Waals surface area contributed by atoms with Crippen molar-refractivity contribution in [3.8, 4) is 22.8 Å². The Balaban J connectivity index is 2.35. The van der Waals surface area contributed by atoms with Crippen LogP contribution in [-0.4, -0.2) is 17.2 Å². The zero-order valence-electron chi connectivity index (χ0n) is 17.7. The Kier molecular flexibility index (Phi) is 4.54. The Morgan fingerprint density at radius 1 is 0.926 bits per heavy atom. The molecule has 0 fully saturated rings. The first-order valence-electron chi connectivity index (χ1n) is 9.48. The van der Waals surface area contributed by atoms with Crippen molar-refractivity contribution >= 4 is 10.9 Å². The van der Waals surface area contributed by atoms with Gasteiger partial charge in [0.15, 0.2) is 0 Å². The molecule has 3 rings (SSSR count). The molecular formula is C24H31NO2. The van der Waals surface area contributed by atoms with E-state index in [9.17, 15) is 5.11 Å². The second-order valence-corrected chi connectivity index (χ2v) is 9.43. The van der Waals surface area contributed by atoms with Crippen LogP contribution in [-0.2, 0) is 10.8 Å². The largest absolute Gasteiger partial charge is 0.507 e. The van der Waals surface area contributed by atoms with Crippen molar-refractivity contribution < 1.29 is 9.84 Å². The zero-order chi connectivity index (χ0) is 20.1. The molecule has 144 valence electrons. The Hall–Kier alpha value is -2.42. The molecule has 0 amide bonds. The van der Waals surface area contributed by atoms with Crippen molar-refractivity contribution in [2.75, 3.05) is 7.11 Å². The third-order valence-corrected chi connectivity index (χ3v) is 5.29. The average molecular weight is 366 g/mol. The number of ether oxygens (including phenoxy) is 1. The molecule has 0 spiro atoms. The van der Waals surface area contributed by atoms with Gasteiger partial charge in [-0.15, -0.1) is 0 Å². The van der Waals surface area contributed by atoms with E-state index in [1.165, 1.54) is 5.56 Å². The number of phenolic OH excluding ortho intramolecular Hbond substituents is 1. The molecule has 3 aromatic rings. The highest BCUT2D eigenvalue weighted by Crippen LogP contribution is 2.43. The van der Waals surface area contributed by atoms with Crippen LogP contribution >= 0.6 is 0 Å². The maximum absolute atomic E-state index is 11.0. The summed E-state index contributed by atoms with van der Waals surface area (Å²) in [5.41, 5.74) is 5.99. The summed E-state index contributed by atoms with van der Waals surface area (Å²) < 4.78 is 5.54. The van der Waals surface area contributed by atoms with Crippen LogP contribution in [0.1, 0.15) is 58.2 Å². The fourth-order valence-electron chi connectivity index (χ4n) is 3.71. The number of benzene rings is 2. The molecule has 3 nitrogen and oxygen atoms in total. The molecule has 0 bridgehead atoms. The summed E-state index contributed by atoms with van der Waals surface area (Å²) in [6.45, 7) is 15.0. The van der Waals surface area contributed by atoms with Crippen molar-refractivity contribution in [2.24, 2.45) is 0 Å². The monoisotopic (exact) mass is 365 g/mol. The van der Waals surface area contributed by atoms with Crippen LogP contribution in [0.3, 0.4) is 0 Å². The predicted octanol–water partition coefficient (Wildman–Crippen LogP) is 6.45. The standard InChI is InChI=1S/C24H31NO2/c1-14-16-10-9-11-19(27-8)21(16)25-20(14)15-12-17(23(2,3)4)22(26)18(13-15)24(5,6)7/h9-13,25-26H,1-8H3. The number of H-pyrrole nitrogens is 1. The number of methoxy groups -OCH3 is 1. The van der Waals surface area contributed by atoms with Crippen LogP contribution in [0.4, 0.5) is 0 Å². The lowest BCUT2D eigenvalue weighted by molar-refractivity contribution is 0.419. The Morgan fingerprint density at radius 3 is 1.96 bits per heavy atom. The predicted molar refractivity (Wildman–Crippen MR) is 114 cm³/mol. The molecule has 0 atom stereocenters. The summed E-state index contributed by atoms with van der Waals surface area (Å²) in [5, 5.41) is 12.2. The Bertz CT molecular complexity index is 963. The maximum atomic E-state index is 11.0. The van der Waals surface area contributed by atoms with Crippen LogP contribution in [0.2, 0.25) is 0 Å². The van der Waals surface area contributed by atoms with Gasteiger partial charge in [-0.1, -0.05) is 53.7 Å². The van der Waals surface area contributed by atoms with E-state index in [4.69, 9.17) is 4.74 Å². The molecule has 1 heterocycles. The van der Waals surface area contributed by atoms with E-state index < -0.39 is 0 Å². The number of nitrogens with one attached hydrogen (secondary N) is 1. The fraction of sp³-hybridized carbons (Fsp3) is 0.417. The molecule has 0 saturated heterocycles. The van der Waals surface area contributed by atoms with E-state index in [0.29, 0.717) is 5.75 Å². The van der Waals surface area contributed by atoms with Crippen molar-refractivity contribution in [2.45, 2.75) is 59.3 Å². The maximum Gasteiger partial charge on any atom is 0.142 e. The molecule has 0 radical (unpaired) electrons. The summed E-state index contributed by atoms with van der Waals surface area (Å²) in [4.78, 5) is 3.57. The van der Waals surface area contributed by atoms with Crippen LogP contribution in [0.5, 0.6) is 11.5 Å². The number of aromatic hydroxyl groups is 1. The Labute approximate surface area is 162 Å². The third kappa shape index (κ3) is 3.31. The second-order valence-electron chi connectivity index (χ2n) is 9.43. The number of rotatable bonds is 2. The Morgan fingerprint density at radius 2 is 1.48 bits per heavy atom. The minimum atomic E-state index is -0.155. The summed E-state index contributed by atoms with van der Waals surface area (Å²) in [6, 6.07) is 10.3. The van der Waals surface area contributed by atoms with Gasteiger partial charge in [0.2, 0.25) is 0 Å². The number of para-hydroxylation sites is 1. The summed E-state index contributed by atoms with van der Waals surface area (Å²) in [5.74, 6) is 1.25. The molecule has 0 unspecified atom stereocenters. The number of aromatic amines is 1. The minimum Gasteiger partial charge on any atom is -0.507 e. The molecule has 27 heavy (non-hydrogen) atoms. The smallest absolute Gasteiger partial charge is 0.142 e. The van der Waals surface area contributed by atoms with Gasteiger partial charge < -0.3 is 14.8 Å². The number of aryl methyl sites for hydroxylation is 1. The van der Waals surface area contributed by atoms with Crippen LogP contribution in [0.15, 0.2) is 30.3 Å². The van der Waals surface area contributed by atoms with E-state index in [2.05, 4.69) is 71.6 Å². The SMILES string of the molecule is COc1cccc2c(C)c(-c3cc(C(C)(C)C)c(O)c(C(C)(C)C)c3)[nH]c12. The molecule has 2 N–H and O–H groups in total. The average Bonchev–Trinajstić information content (AvgIpc) is 2.90.